The molecule has 0 bridgehead atoms. The van der Waals surface area contributed by atoms with Crippen LogP contribution in [0.4, 0.5) is 0 Å². The summed E-state index contributed by atoms with van der Waals surface area (Å²) >= 11 is 0. The number of carboxylic acid groups (broad SMARTS) is 1. The highest BCUT2D eigenvalue weighted by atomic mass is 16.4. The van der Waals surface area contributed by atoms with Crippen molar-refractivity contribution in [2.75, 3.05) is 0 Å². The minimum Gasteiger partial charge on any atom is -0.480 e. The molecule has 2 atom stereocenters. The molecule has 1 amide bonds. The Balaban J connectivity index is 2.11. The van der Waals surface area contributed by atoms with Gasteiger partial charge in [0.05, 0.1) is 6.10 Å². The number of aliphatic hydroxyl groups excluding tert-OH is 1. The maximum atomic E-state index is 12.0. The molecule has 0 aromatic carbocycles. The van der Waals surface area contributed by atoms with E-state index in [0.29, 0.717) is 11.7 Å². The monoisotopic (exact) mass is 252 g/mol. The van der Waals surface area contributed by atoms with E-state index < -0.39 is 24.0 Å². The van der Waals surface area contributed by atoms with Crippen molar-refractivity contribution >= 4 is 11.9 Å². The van der Waals surface area contributed by atoms with Crippen molar-refractivity contribution in [2.45, 2.75) is 38.0 Å². The molecule has 6 nitrogen and oxygen atoms in total. The molecule has 98 valence electrons. The number of carboxylic acids is 1. The Morgan fingerprint density at radius 2 is 2.17 bits per heavy atom. The second-order valence-electron chi connectivity index (χ2n) is 4.56. The first-order chi connectivity index (χ1) is 8.50. The van der Waals surface area contributed by atoms with Crippen LogP contribution in [0.3, 0.4) is 0 Å². The number of aliphatic carboxylic acids is 1. The van der Waals surface area contributed by atoms with Crippen LogP contribution in [0.5, 0.6) is 0 Å². The van der Waals surface area contributed by atoms with Gasteiger partial charge in [-0.3, -0.25) is 4.79 Å². The first-order valence-electron chi connectivity index (χ1n) is 5.89. The Labute approximate surface area is 104 Å². The van der Waals surface area contributed by atoms with E-state index in [1.807, 2.05) is 10.8 Å². The minimum atomic E-state index is -1.29. The van der Waals surface area contributed by atoms with Gasteiger partial charge < -0.3 is 20.1 Å². The van der Waals surface area contributed by atoms with E-state index in [1.165, 1.54) is 6.92 Å². The van der Waals surface area contributed by atoms with Crippen LogP contribution in [0.2, 0.25) is 0 Å². The highest BCUT2D eigenvalue weighted by Gasteiger charge is 2.30. The van der Waals surface area contributed by atoms with Crippen molar-refractivity contribution in [3.05, 3.63) is 24.0 Å². The number of carbonyl (C=O) groups is 2. The maximum Gasteiger partial charge on any atom is 0.328 e. The largest absolute Gasteiger partial charge is 0.480 e. The van der Waals surface area contributed by atoms with E-state index in [0.717, 1.165) is 12.8 Å². The third-order valence-electron chi connectivity index (χ3n) is 2.99. The summed E-state index contributed by atoms with van der Waals surface area (Å²) in [7, 11) is 0. The van der Waals surface area contributed by atoms with E-state index in [1.54, 1.807) is 12.1 Å². The summed E-state index contributed by atoms with van der Waals surface area (Å²) in [6, 6.07) is 2.45. The van der Waals surface area contributed by atoms with Crippen LogP contribution >= 0.6 is 0 Å². The van der Waals surface area contributed by atoms with Crippen molar-refractivity contribution in [1.29, 1.82) is 0 Å². The molecule has 1 aromatic heterocycles. The lowest BCUT2D eigenvalue weighted by atomic mass is 10.2. The topological polar surface area (TPSA) is 91.6 Å². The summed E-state index contributed by atoms with van der Waals surface area (Å²) in [5, 5.41) is 20.5. The van der Waals surface area contributed by atoms with Crippen LogP contribution in [0.15, 0.2) is 18.3 Å². The predicted molar refractivity (Wildman–Crippen MR) is 63.3 cm³/mol. The van der Waals surface area contributed by atoms with Crippen molar-refractivity contribution in [1.82, 2.24) is 9.88 Å². The first kappa shape index (κ1) is 12.6. The molecular formula is C12H16N2O4. The van der Waals surface area contributed by atoms with E-state index in [9.17, 15) is 14.7 Å². The van der Waals surface area contributed by atoms with Gasteiger partial charge in [0.25, 0.3) is 5.91 Å². The fraction of sp³-hybridized carbons (Fsp3) is 0.500. The third-order valence-corrected chi connectivity index (χ3v) is 2.99. The first-order valence-corrected chi connectivity index (χ1v) is 5.89. The quantitative estimate of drug-likeness (QED) is 0.706. The Morgan fingerprint density at radius 3 is 2.67 bits per heavy atom. The number of hydrogen-bond donors (Lipinski definition) is 3. The molecule has 0 saturated heterocycles. The summed E-state index contributed by atoms with van der Waals surface area (Å²) < 4.78 is 1.84. The number of nitrogens with zero attached hydrogens (tertiary/aromatic N) is 1. The fourth-order valence-corrected chi connectivity index (χ4v) is 1.86. The molecule has 2 unspecified atom stereocenters. The van der Waals surface area contributed by atoms with Gasteiger partial charge in [-0.05, 0) is 31.9 Å². The Bertz CT molecular complexity index is 462. The zero-order valence-corrected chi connectivity index (χ0v) is 10.0. The van der Waals surface area contributed by atoms with Crippen molar-refractivity contribution < 1.29 is 19.8 Å². The Hall–Kier alpha value is -1.82. The Kier molecular flexibility index (Phi) is 3.38. The van der Waals surface area contributed by atoms with E-state index >= 15 is 0 Å². The van der Waals surface area contributed by atoms with E-state index in [2.05, 4.69) is 5.32 Å². The number of hydrogen-bond acceptors (Lipinski definition) is 3. The standard InChI is InChI=1S/C12H16N2O4/c1-7(15)10(12(17)18)13-11(16)9-3-2-6-14(9)8-4-5-8/h2-3,6-8,10,15H,4-5H2,1H3,(H,13,16)(H,17,18). The lowest BCUT2D eigenvalue weighted by Crippen LogP contribution is -2.48. The summed E-state index contributed by atoms with van der Waals surface area (Å²) in [6.07, 6.45) is 2.74. The van der Waals surface area contributed by atoms with Gasteiger partial charge in [-0.15, -0.1) is 0 Å². The molecule has 0 aliphatic heterocycles. The van der Waals surface area contributed by atoms with Gasteiger partial charge in [0.1, 0.15) is 5.69 Å². The molecule has 1 heterocycles. The lowest BCUT2D eigenvalue weighted by molar-refractivity contribution is -0.141. The van der Waals surface area contributed by atoms with Crippen molar-refractivity contribution in [2.24, 2.45) is 0 Å². The number of aliphatic hydroxyl groups is 1. The van der Waals surface area contributed by atoms with Gasteiger partial charge in [0.2, 0.25) is 0 Å². The highest BCUT2D eigenvalue weighted by molar-refractivity contribution is 5.95. The molecule has 1 aliphatic carbocycles. The van der Waals surface area contributed by atoms with Gasteiger partial charge >= 0.3 is 5.97 Å². The fourth-order valence-electron chi connectivity index (χ4n) is 1.86. The van der Waals surface area contributed by atoms with E-state index in [4.69, 9.17) is 5.11 Å². The number of amides is 1. The summed E-state index contributed by atoms with van der Waals surface area (Å²) in [5.74, 6) is -1.72. The van der Waals surface area contributed by atoms with Gasteiger partial charge in [0.15, 0.2) is 6.04 Å². The molecule has 18 heavy (non-hydrogen) atoms. The van der Waals surface area contributed by atoms with Crippen LogP contribution in [0.25, 0.3) is 0 Å². The zero-order valence-electron chi connectivity index (χ0n) is 10.0. The predicted octanol–water partition coefficient (Wildman–Crippen LogP) is 0.387. The third kappa shape index (κ3) is 2.53. The molecule has 0 radical (unpaired) electrons. The van der Waals surface area contributed by atoms with Gasteiger partial charge in [-0.1, -0.05) is 0 Å². The molecule has 2 rings (SSSR count). The average molecular weight is 252 g/mol. The molecule has 0 spiro atoms. The highest BCUT2D eigenvalue weighted by Crippen LogP contribution is 2.35. The van der Waals surface area contributed by atoms with Crippen LogP contribution in [0.1, 0.15) is 36.3 Å². The van der Waals surface area contributed by atoms with Crippen LogP contribution < -0.4 is 5.32 Å². The van der Waals surface area contributed by atoms with Gasteiger partial charge in [-0.25, -0.2) is 4.79 Å². The Morgan fingerprint density at radius 1 is 1.50 bits per heavy atom. The number of rotatable bonds is 5. The molecule has 3 N–H and O–H groups in total. The number of aromatic nitrogens is 1. The van der Waals surface area contributed by atoms with E-state index in [-0.39, 0.29) is 0 Å². The lowest BCUT2D eigenvalue weighted by Gasteiger charge is -2.17. The SMILES string of the molecule is CC(O)C(NC(=O)c1cccn1C1CC1)C(=O)O. The second kappa shape index (κ2) is 4.81. The summed E-state index contributed by atoms with van der Waals surface area (Å²) in [4.78, 5) is 22.9. The van der Waals surface area contributed by atoms with Gasteiger partial charge in [-0.2, -0.15) is 0 Å². The molecule has 1 saturated carbocycles. The van der Waals surface area contributed by atoms with Crippen LogP contribution in [0, 0.1) is 0 Å². The zero-order chi connectivity index (χ0) is 13.3. The normalized spacial score (nSPS) is 18.1. The second-order valence-corrected chi connectivity index (χ2v) is 4.56. The van der Waals surface area contributed by atoms with Crippen LogP contribution in [-0.2, 0) is 4.79 Å². The number of nitrogens with one attached hydrogen (secondary N) is 1. The van der Waals surface area contributed by atoms with Gasteiger partial charge in [0, 0.05) is 12.2 Å². The summed E-state index contributed by atoms with van der Waals surface area (Å²) in [6.45, 7) is 1.33. The molecular weight excluding hydrogens is 236 g/mol. The van der Waals surface area contributed by atoms with Crippen molar-refractivity contribution in [3.63, 3.8) is 0 Å². The molecule has 1 fully saturated rings. The molecule has 1 aromatic rings. The molecule has 1 aliphatic rings. The summed E-state index contributed by atoms with van der Waals surface area (Å²) in [5.41, 5.74) is 0.435. The van der Waals surface area contributed by atoms with Crippen molar-refractivity contribution in [3.8, 4) is 0 Å². The average Bonchev–Trinajstić information content (AvgIpc) is 3.02. The maximum absolute atomic E-state index is 12.0. The minimum absolute atomic E-state index is 0.343. The number of carbonyl (C=O) groups excluding carboxylic acids is 1. The smallest absolute Gasteiger partial charge is 0.328 e. The van der Waals surface area contributed by atoms with Crippen LogP contribution in [-0.4, -0.2) is 38.8 Å². The molecule has 6 heteroatoms.